The molecule has 0 saturated carbocycles. The van der Waals surface area contributed by atoms with Gasteiger partial charge in [0.2, 0.25) is 0 Å². The average Bonchev–Trinajstić information content (AvgIpc) is 1.82. The molecule has 0 fully saturated rings. The Morgan fingerprint density at radius 1 is 1.45 bits per heavy atom. The van der Waals surface area contributed by atoms with Gasteiger partial charge in [-0.2, -0.15) is 0 Å². The first-order valence-electron chi connectivity index (χ1n) is 3.47. The summed E-state index contributed by atoms with van der Waals surface area (Å²) in [6, 6.07) is 0. The van der Waals surface area contributed by atoms with E-state index in [4.69, 9.17) is 5.11 Å². The summed E-state index contributed by atoms with van der Waals surface area (Å²) in [5.74, 6) is 0. The summed E-state index contributed by atoms with van der Waals surface area (Å²) in [5.41, 5.74) is 0. The number of hydrogen-bond acceptors (Lipinski definition) is 3. The number of ether oxygens (including phenoxy) is 1. The molecule has 4 heteroatoms. The van der Waals surface area contributed by atoms with Crippen LogP contribution in [0.5, 0.6) is 0 Å². The largest absolute Gasteiger partial charge is 0.505 e. The molecule has 0 aromatic carbocycles. The van der Waals surface area contributed by atoms with Crippen molar-refractivity contribution in [3.05, 3.63) is 0 Å². The summed E-state index contributed by atoms with van der Waals surface area (Å²) in [6.07, 6.45) is -0.450. The number of carboxylic acid groups (broad SMARTS) is 1. The molecule has 0 radical (unpaired) electrons. The highest BCUT2D eigenvalue weighted by molar-refractivity contribution is 5.56. The van der Waals surface area contributed by atoms with Crippen molar-refractivity contribution in [1.29, 1.82) is 0 Å². The fourth-order valence-electron chi connectivity index (χ4n) is 0.189. The van der Waals surface area contributed by atoms with Crippen molar-refractivity contribution in [2.75, 3.05) is 27.7 Å². The molecule has 0 rings (SSSR count). The van der Waals surface area contributed by atoms with Crippen LogP contribution in [0.4, 0.5) is 4.79 Å². The summed E-state index contributed by atoms with van der Waals surface area (Å²) < 4.78 is 4.11. The van der Waals surface area contributed by atoms with Crippen LogP contribution in [0.25, 0.3) is 0 Å². The lowest BCUT2D eigenvalue weighted by molar-refractivity contribution is 0.0918. The van der Waals surface area contributed by atoms with E-state index in [0.29, 0.717) is 6.61 Å². The van der Waals surface area contributed by atoms with Crippen molar-refractivity contribution < 1.29 is 14.6 Å². The lowest BCUT2D eigenvalue weighted by atomic mass is 10.5. The maximum Gasteiger partial charge on any atom is 0.505 e. The first kappa shape index (κ1) is 12.9. The highest BCUT2D eigenvalue weighted by Crippen LogP contribution is 1.78. The number of rotatable bonds is 2. The lowest BCUT2D eigenvalue weighted by Gasteiger charge is -1.91. The zero-order chi connectivity index (χ0) is 9.28. The second-order valence-electron chi connectivity index (χ2n) is 2.46. The van der Waals surface area contributed by atoms with E-state index in [1.54, 1.807) is 0 Å². The normalized spacial score (nSPS) is 8.45. The van der Waals surface area contributed by atoms with E-state index in [1.807, 2.05) is 33.0 Å². The minimum absolute atomic E-state index is 0.301. The molecule has 0 aromatic heterocycles. The first-order chi connectivity index (χ1) is 5.00. The molecule has 0 bridgehead atoms. The number of nitrogens with zero attached hydrogens (tertiary/aromatic N) is 1. The standard InChI is InChI=1S/C4H8O3.C3H9N/c1-2-3-7-4(5)6;1-4(2)3/h2-3H2,1H3,(H,5,6);1-3H3. The van der Waals surface area contributed by atoms with Gasteiger partial charge in [-0.3, -0.25) is 0 Å². The Hall–Kier alpha value is -0.770. The van der Waals surface area contributed by atoms with Crippen LogP contribution in [0.3, 0.4) is 0 Å². The van der Waals surface area contributed by atoms with Gasteiger partial charge in [0.1, 0.15) is 0 Å². The molecular weight excluding hydrogens is 146 g/mol. The van der Waals surface area contributed by atoms with Crippen LogP contribution in [0.2, 0.25) is 0 Å². The highest BCUT2D eigenvalue weighted by atomic mass is 16.7. The average molecular weight is 163 g/mol. The van der Waals surface area contributed by atoms with Gasteiger partial charge in [-0.05, 0) is 27.6 Å². The van der Waals surface area contributed by atoms with Gasteiger partial charge in [-0.1, -0.05) is 6.92 Å². The van der Waals surface area contributed by atoms with E-state index in [9.17, 15) is 4.79 Å². The molecule has 0 aromatic rings. The Kier molecular flexibility index (Phi) is 10.8. The Labute approximate surface area is 67.8 Å². The summed E-state index contributed by atoms with van der Waals surface area (Å²) in [5, 5.41) is 7.82. The van der Waals surface area contributed by atoms with Gasteiger partial charge < -0.3 is 14.7 Å². The SMILES string of the molecule is CCCOC(=O)O.CN(C)C. The van der Waals surface area contributed by atoms with E-state index in [2.05, 4.69) is 4.74 Å². The van der Waals surface area contributed by atoms with Crippen LogP contribution < -0.4 is 0 Å². The zero-order valence-corrected chi connectivity index (χ0v) is 7.63. The van der Waals surface area contributed by atoms with Crippen molar-refractivity contribution in [3.8, 4) is 0 Å². The summed E-state index contributed by atoms with van der Waals surface area (Å²) in [7, 11) is 6.00. The van der Waals surface area contributed by atoms with Crippen LogP contribution >= 0.6 is 0 Å². The highest BCUT2D eigenvalue weighted by Gasteiger charge is 1.89. The van der Waals surface area contributed by atoms with Crippen molar-refractivity contribution >= 4 is 6.16 Å². The van der Waals surface area contributed by atoms with Crippen LogP contribution in [0.15, 0.2) is 0 Å². The van der Waals surface area contributed by atoms with Gasteiger partial charge in [-0.15, -0.1) is 0 Å². The Morgan fingerprint density at radius 2 is 1.82 bits per heavy atom. The molecule has 0 spiro atoms. The van der Waals surface area contributed by atoms with E-state index in [1.165, 1.54) is 0 Å². The van der Waals surface area contributed by atoms with Gasteiger partial charge >= 0.3 is 6.16 Å². The molecule has 0 aliphatic carbocycles. The van der Waals surface area contributed by atoms with E-state index in [-0.39, 0.29) is 0 Å². The molecule has 0 atom stereocenters. The second-order valence-corrected chi connectivity index (χ2v) is 2.46. The van der Waals surface area contributed by atoms with Crippen molar-refractivity contribution in [3.63, 3.8) is 0 Å². The van der Waals surface area contributed by atoms with Gasteiger partial charge in [0, 0.05) is 0 Å². The van der Waals surface area contributed by atoms with Crippen LogP contribution in [-0.2, 0) is 4.74 Å². The molecule has 4 nitrogen and oxygen atoms in total. The third-order valence-corrected chi connectivity index (χ3v) is 0.430. The van der Waals surface area contributed by atoms with Crippen LogP contribution in [0, 0.1) is 0 Å². The third-order valence-electron chi connectivity index (χ3n) is 0.430. The fraction of sp³-hybridized carbons (Fsp3) is 0.857. The van der Waals surface area contributed by atoms with Crippen molar-refractivity contribution in [1.82, 2.24) is 4.90 Å². The molecular formula is C7H17NO3. The Balaban J connectivity index is 0. The van der Waals surface area contributed by atoms with Gasteiger partial charge in [0.15, 0.2) is 0 Å². The van der Waals surface area contributed by atoms with Crippen LogP contribution in [-0.4, -0.2) is 43.9 Å². The van der Waals surface area contributed by atoms with E-state index >= 15 is 0 Å². The minimum atomic E-state index is -1.19. The molecule has 0 aliphatic heterocycles. The van der Waals surface area contributed by atoms with Gasteiger partial charge in [0.05, 0.1) is 6.61 Å². The van der Waals surface area contributed by atoms with E-state index in [0.717, 1.165) is 6.42 Å². The van der Waals surface area contributed by atoms with Gasteiger partial charge in [-0.25, -0.2) is 4.79 Å². The maximum atomic E-state index is 9.54. The van der Waals surface area contributed by atoms with Crippen molar-refractivity contribution in [2.24, 2.45) is 0 Å². The number of hydrogen-bond donors (Lipinski definition) is 1. The summed E-state index contributed by atoms with van der Waals surface area (Å²) in [6.45, 7) is 2.15. The molecule has 0 heterocycles. The topological polar surface area (TPSA) is 49.8 Å². The lowest BCUT2D eigenvalue weighted by Crippen LogP contribution is -1.99. The summed E-state index contributed by atoms with van der Waals surface area (Å²) in [4.78, 5) is 11.5. The minimum Gasteiger partial charge on any atom is -0.450 e. The van der Waals surface area contributed by atoms with E-state index < -0.39 is 6.16 Å². The molecule has 0 aliphatic rings. The predicted molar refractivity (Wildman–Crippen MR) is 43.9 cm³/mol. The quantitative estimate of drug-likeness (QED) is 0.623. The molecule has 68 valence electrons. The third kappa shape index (κ3) is 46.2. The molecule has 0 unspecified atom stereocenters. The molecule has 0 amide bonds. The van der Waals surface area contributed by atoms with Gasteiger partial charge in [0.25, 0.3) is 0 Å². The van der Waals surface area contributed by atoms with Crippen molar-refractivity contribution in [2.45, 2.75) is 13.3 Å². The summed E-state index contributed by atoms with van der Waals surface area (Å²) >= 11 is 0. The molecule has 1 N–H and O–H groups in total. The Bertz CT molecular complexity index is 90.9. The molecule has 0 saturated heterocycles. The fourth-order valence-corrected chi connectivity index (χ4v) is 0.189. The Morgan fingerprint density at radius 3 is 1.91 bits per heavy atom. The predicted octanol–water partition coefficient (Wildman–Crippen LogP) is 1.27. The maximum absolute atomic E-state index is 9.54. The zero-order valence-electron chi connectivity index (χ0n) is 7.63. The second kappa shape index (κ2) is 9.23. The molecule has 11 heavy (non-hydrogen) atoms. The number of carbonyl (C=O) groups is 1. The first-order valence-corrected chi connectivity index (χ1v) is 3.47. The monoisotopic (exact) mass is 163 g/mol. The van der Waals surface area contributed by atoms with Crippen LogP contribution in [0.1, 0.15) is 13.3 Å². The smallest absolute Gasteiger partial charge is 0.450 e.